The van der Waals surface area contributed by atoms with E-state index in [0.717, 1.165) is 0 Å². The van der Waals surface area contributed by atoms with E-state index in [2.05, 4.69) is 151 Å². The number of fused-ring (bicyclic) bond motifs is 2. The van der Waals surface area contributed by atoms with Gasteiger partial charge in [0.1, 0.15) is 0 Å². The van der Waals surface area contributed by atoms with Gasteiger partial charge in [-0.3, -0.25) is 0 Å². The summed E-state index contributed by atoms with van der Waals surface area (Å²) in [6.45, 7) is 14.7. The molecule has 0 amide bonds. The first-order valence-electron chi connectivity index (χ1n) is 14.4. The molecular formula is C38H38Cl2SiZr. The number of halogens is 2. The van der Waals surface area contributed by atoms with E-state index in [4.69, 9.17) is 0 Å². The van der Waals surface area contributed by atoms with Crippen LogP contribution in [0.4, 0.5) is 0 Å². The van der Waals surface area contributed by atoms with E-state index >= 15 is 0 Å². The fourth-order valence-corrected chi connectivity index (χ4v) is 14.4. The first-order chi connectivity index (χ1) is 18.9. The minimum Gasteiger partial charge on any atom is -1.00 e. The van der Waals surface area contributed by atoms with Gasteiger partial charge in [0.2, 0.25) is 0 Å². The van der Waals surface area contributed by atoms with Crippen LogP contribution >= 0.6 is 0 Å². The van der Waals surface area contributed by atoms with Crippen LogP contribution in [-0.4, -0.2) is 8.07 Å². The zero-order chi connectivity index (χ0) is 27.3. The van der Waals surface area contributed by atoms with Gasteiger partial charge in [-0.1, -0.05) is 137 Å². The van der Waals surface area contributed by atoms with Crippen LogP contribution in [0.1, 0.15) is 38.8 Å². The summed E-state index contributed by atoms with van der Waals surface area (Å²) >= 11 is 0. The predicted molar refractivity (Wildman–Crippen MR) is 175 cm³/mol. The predicted octanol–water partition coefficient (Wildman–Crippen LogP) is 3.77. The van der Waals surface area contributed by atoms with Crippen molar-refractivity contribution in [3.05, 3.63) is 120 Å². The van der Waals surface area contributed by atoms with E-state index in [0.29, 0.717) is 11.1 Å². The molecule has 0 spiro atoms. The van der Waals surface area contributed by atoms with Gasteiger partial charge in [-0.2, -0.15) is 10.4 Å². The summed E-state index contributed by atoms with van der Waals surface area (Å²) in [5.41, 5.74) is 9.30. The second kappa shape index (κ2) is 13.6. The van der Waals surface area contributed by atoms with Gasteiger partial charge in [0.25, 0.3) is 0 Å². The summed E-state index contributed by atoms with van der Waals surface area (Å²) in [7, 11) is -2.34. The van der Waals surface area contributed by atoms with Gasteiger partial charge in [-0.25, -0.2) is 0 Å². The quantitative estimate of drug-likeness (QED) is 0.185. The summed E-state index contributed by atoms with van der Waals surface area (Å²) in [6, 6.07) is 40.7. The van der Waals surface area contributed by atoms with Crippen LogP contribution in [0, 0.1) is 13.8 Å². The van der Waals surface area contributed by atoms with E-state index in [1.807, 2.05) is 0 Å². The molecule has 6 rings (SSSR count). The summed E-state index contributed by atoms with van der Waals surface area (Å²) < 4.78 is 0. The molecule has 0 atom stereocenters. The maximum Gasteiger partial charge on any atom is 4.00 e. The molecule has 0 saturated heterocycles. The molecule has 0 N–H and O–H groups in total. The fourth-order valence-electron chi connectivity index (χ4n) is 7.67. The first-order valence-corrected chi connectivity index (χ1v) is 16.5. The average molecular weight is 685 g/mol. The average Bonchev–Trinajstić information content (AvgIpc) is 3.46. The molecule has 0 bridgehead atoms. The summed E-state index contributed by atoms with van der Waals surface area (Å²) in [6.07, 6.45) is 0. The van der Waals surface area contributed by atoms with Crippen LogP contribution in [-0.2, 0) is 26.2 Å². The fraction of sp³-hybridized carbons (Fsp3) is 0.211. The van der Waals surface area contributed by atoms with Crippen LogP contribution in [0.2, 0.25) is 11.1 Å². The number of hydrogen-bond acceptors (Lipinski definition) is 0. The Kier molecular flexibility index (Phi) is 11.1. The molecular weight excluding hydrogens is 647 g/mol. The standard InChI is InChI=1S/C38H38Si.2ClH.Zr/c1-25(2)39(26(3)4,37-27(5)23-31-19-13-21-33(35(31)37)29-15-9-7-10-16-29)38-28(6)24-32-20-14-22-34(36(32)38)30-17-11-8-12-18-30;;;/h7-26H,1-6H3;2*1H;/q-2;;;+4/p-2. The summed E-state index contributed by atoms with van der Waals surface area (Å²) in [4.78, 5) is 0. The molecule has 0 aromatic heterocycles. The van der Waals surface area contributed by atoms with Crippen LogP contribution in [0.25, 0.3) is 43.8 Å². The van der Waals surface area contributed by atoms with E-state index in [1.54, 1.807) is 10.4 Å². The Balaban J connectivity index is 0.00000161. The van der Waals surface area contributed by atoms with Crippen LogP contribution in [0.3, 0.4) is 0 Å². The Bertz CT molecular complexity index is 1650. The molecule has 6 aromatic carbocycles. The van der Waals surface area contributed by atoms with Crippen molar-refractivity contribution in [3.8, 4) is 22.3 Å². The van der Waals surface area contributed by atoms with Crippen molar-refractivity contribution in [3.63, 3.8) is 0 Å². The largest absolute Gasteiger partial charge is 4.00 e. The van der Waals surface area contributed by atoms with Crippen LogP contribution in [0.15, 0.2) is 109 Å². The van der Waals surface area contributed by atoms with Gasteiger partial charge in [0.05, 0.1) is 0 Å². The number of rotatable bonds is 6. The van der Waals surface area contributed by atoms with E-state index in [-0.39, 0.29) is 51.0 Å². The van der Waals surface area contributed by atoms with Crippen molar-refractivity contribution in [2.45, 2.75) is 52.6 Å². The molecule has 0 heterocycles. The van der Waals surface area contributed by atoms with Crippen molar-refractivity contribution in [2.75, 3.05) is 0 Å². The molecule has 0 aliphatic rings. The van der Waals surface area contributed by atoms with Gasteiger partial charge >= 0.3 is 26.2 Å². The van der Waals surface area contributed by atoms with Crippen molar-refractivity contribution in [2.24, 2.45) is 0 Å². The summed E-state index contributed by atoms with van der Waals surface area (Å²) in [5, 5.41) is 8.97. The molecule has 0 saturated carbocycles. The minimum absolute atomic E-state index is 0. The second-order valence-electron chi connectivity index (χ2n) is 11.9. The topological polar surface area (TPSA) is 0 Å². The Labute approximate surface area is 284 Å². The maximum absolute atomic E-state index is 2.50. The SMILES string of the molecule is Cc1[cH-]c2cccc(-c3ccccc3)c2c1[Si](c1c(C)[cH-]c2cccc(-c3ccccc3)c12)(C(C)C)C(C)C.[Cl-].[Cl-].[Zr+4]. The van der Waals surface area contributed by atoms with Crippen molar-refractivity contribution in [1.29, 1.82) is 0 Å². The maximum atomic E-state index is 2.50. The van der Waals surface area contributed by atoms with E-state index < -0.39 is 8.07 Å². The van der Waals surface area contributed by atoms with E-state index in [9.17, 15) is 0 Å². The number of hydrogen-bond donors (Lipinski definition) is 0. The monoisotopic (exact) mass is 682 g/mol. The molecule has 42 heavy (non-hydrogen) atoms. The summed E-state index contributed by atoms with van der Waals surface area (Å²) in [5.74, 6) is 0. The number of aryl methyl sites for hydroxylation is 2. The Morgan fingerprint density at radius 3 is 1.19 bits per heavy atom. The van der Waals surface area contributed by atoms with Crippen molar-refractivity contribution >= 4 is 40.0 Å². The number of benzene rings is 4. The minimum atomic E-state index is -2.34. The zero-order valence-electron chi connectivity index (χ0n) is 25.3. The van der Waals surface area contributed by atoms with Crippen LogP contribution < -0.4 is 35.2 Å². The van der Waals surface area contributed by atoms with Crippen molar-refractivity contribution in [1.82, 2.24) is 0 Å². The Hall–Kier alpha value is -2.22. The molecule has 0 aliphatic heterocycles. The second-order valence-corrected chi connectivity index (χ2v) is 16.9. The third kappa shape index (κ3) is 5.35. The molecule has 0 radical (unpaired) electrons. The van der Waals surface area contributed by atoms with Crippen molar-refractivity contribution < 1.29 is 51.0 Å². The molecule has 0 aliphatic carbocycles. The van der Waals surface area contributed by atoms with Gasteiger partial charge in [-0.15, -0.1) is 69.1 Å². The molecule has 0 unspecified atom stereocenters. The van der Waals surface area contributed by atoms with Crippen LogP contribution in [0.5, 0.6) is 0 Å². The molecule has 212 valence electrons. The van der Waals surface area contributed by atoms with E-state index in [1.165, 1.54) is 54.9 Å². The normalized spacial score (nSPS) is 11.4. The van der Waals surface area contributed by atoms with Gasteiger partial charge in [0.15, 0.2) is 0 Å². The smallest absolute Gasteiger partial charge is 1.00 e. The zero-order valence-corrected chi connectivity index (χ0v) is 30.3. The van der Waals surface area contributed by atoms with Gasteiger partial charge < -0.3 is 24.8 Å². The van der Waals surface area contributed by atoms with Gasteiger partial charge in [-0.05, 0) is 11.1 Å². The van der Waals surface area contributed by atoms with Gasteiger partial charge in [0, 0.05) is 8.07 Å². The Morgan fingerprint density at radius 2 is 0.857 bits per heavy atom. The third-order valence-corrected chi connectivity index (χ3v) is 15.6. The molecule has 0 nitrogen and oxygen atoms in total. The molecule has 0 fully saturated rings. The third-order valence-electron chi connectivity index (χ3n) is 9.04. The first kappa shape index (κ1) is 34.3. The molecule has 6 aromatic rings. The Morgan fingerprint density at radius 1 is 0.500 bits per heavy atom. The molecule has 4 heteroatoms.